The van der Waals surface area contributed by atoms with Crippen LogP contribution in [0.3, 0.4) is 0 Å². The Morgan fingerprint density at radius 1 is 0.654 bits per heavy atom. The van der Waals surface area contributed by atoms with E-state index in [9.17, 15) is 0 Å². The van der Waals surface area contributed by atoms with E-state index >= 15 is 0 Å². The van der Waals surface area contributed by atoms with Crippen LogP contribution < -0.4 is 4.90 Å². The van der Waals surface area contributed by atoms with E-state index in [1.165, 1.54) is 25.9 Å². The Balaban J connectivity index is 0. The summed E-state index contributed by atoms with van der Waals surface area (Å²) in [5, 5.41) is 2.77. The number of nitrogens with zero attached hydrogens (tertiary/aromatic N) is 1. The highest BCUT2D eigenvalue weighted by molar-refractivity contribution is 7.26. The van der Waals surface area contributed by atoms with Gasteiger partial charge in [-0.3, -0.25) is 0 Å². The summed E-state index contributed by atoms with van der Waals surface area (Å²) >= 11 is 1.91. The van der Waals surface area contributed by atoms with Crippen molar-refractivity contribution in [3.05, 3.63) is 42.5 Å². The monoisotopic (exact) mass is 375 g/mol. The first kappa shape index (κ1) is 26.7. The minimum absolute atomic E-state index is 1.06. The molecule has 0 radical (unpaired) electrons. The summed E-state index contributed by atoms with van der Waals surface area (Å²) in [4.78, 5) is 2.43. The fraction of sp³-hybridized carbons (Fsp3) is 0.500. The molecule has 0 saturated heterocycles. The van der Waals surface area contributed by atoms with E-state index in [2.05, 4.69) is 61.2 Å². The number of benzene rings is 2. The molecule has 0 atom stereocenters. The lowest BCUT2D eigenvalue weighted by atomic mass is 10.1. The summed E-state index contributed by atoms with van der Waals surface area (Å²) in [6.45, 7) is 22.6. The minimum Gasteiger partial charge on any atom is -0.371 e. The number of hydrogen-bond acceptors (Lipinski definition) is 2. The SMILES string of the molecule is CC.CC.CC.CC.CCN(CC)c1cccc2c1sc1ccccc12. The zero-order valence-corrected chi connectivity index (χ0v) is 19.6. The van der Waals surface area contributed by atoms with Crippen molar-refractivity contribution in [3.63, 3.8) is 0 Å². The molecule has 0 bridgehead atoms. The van der Waals surface area contributed by atoms with E-state index < -0.39 is 0 Å². The molecule has 1 heterocycles. The normalized spacial score (nSPS) is 8.69. The van der Waals surface area contributed by atoms with Crippen LogP contribution in [0, 0.1) is 0 Å². The lowest BCUT2D eigenvalue weighted by Crippen LogP contribution is -2.21. The predicted octanol–water partition coefficient (Wildman–Crippen LogP) is 9.01. The first-order valence-electron chi connectivity index (χ1n) is 10.5. The molecule has 0 spiro atoms. The molecule has 0 N–H and O–H groups in total. The standard InChI is InChI=1S/C16H17NS.4C2H6/c1-3-17(4-2)14-10-7-9-13-12-8-5-6-11-15(12)18-16(13)14;4*1-2/h5-11H,3-4H2,1-2H3;4*1-2H3. The van der Waals surface area contributed by atoms with Gasteiger partial charge in [0.25, 0.3) is 0 Å². The highest BCUT2D eigenvalue weighted by Gasteiger charge is 2.11. The highest BCUT2D eigenvalue weighted by atomic mass is 32.1. The van der Waals surface area contributed by atoms with Gasteiger partial charge < -0.3 is 4.90 Å². The van der Waals surface area contributed by atoms with Crippen molar-refractivity contribution in [3.8, 4) is 0 Å². The number of anilines is 1. The van der Waals surface area contributed by atoms with Crippen LogP contribution in [0.5, 0.6) is 0 Å². The maximum atomic E-state index is 2.43. The molecule has 1 nitrogen and oxygen atoms in total. The van der Waals surface area contributed by atoms with Gasteiger partial charge >= 0.3 is 0 Å². The molecule has 0 aliphatic heterocycles. The minimum atomic E-state index is 1.06. The zero-order valence-electron chi connectivity index (χ0n) is 18.8. The average molecular weight is 376 g/mol. The van der Waals surface area contributed by atoms with Crippen molar-refractivity contribution in [2.75, 3.05) is 18.0 Å². The van der Waals surface area contributed by atoms with Gasteiger partial charge in [-0.2, -0.15) is 0 Å². The summed E-state index contributed by atoms with van der Waals surface area (Å²) in [6.07, 6.45) is 0. The summed E-state index contributed by atoms with van der Waals surface area (Å²) in [5.41, 5.74) is 1.37. The maximum Gasteiger partial charge on any atom is 0.0589 e. The number of hydrogen-bond donors (Lipinski definition) is 0. The van der Waals surface area contributed by atoms with Gasteiger partial charge in [-0.25, -0.2) is 0 Å². The van der Waals surface area contributed by atoms with Crippen LogP contribution in [0.15, 0.2) is 42.5 Å². The molecule has 2 aromatic carbocycles. The maximum absolute atomic E-state index is 2.43. The van der Waals surface area contributed by atoms with Crippen LogP contribution in [0.4, 0.5) is 5.69 Å². The van der Waals surface area contributed by atoms with Crippen molar-refractivity contribution in [2.45, 2.75) is 69.2 Å². The van der Waals surface area contributed by atoms with Crippen LogP contribution in [0.1, 0.15) is 69.2 Å². The highest BCUT2D eigenvalue weighted by Crippen LogP contribution is 2.39. The van der Waals surface area contributed by atoms with Gasteiger partial charge in [-0.15, -0.1) is 11.3 Å². The van der Waals surface area contributed by atoms with Gasteiger partial charge in [0.15, 0.2) is 0 Å². The van der Waals surface area contributed by atoms with Gasteiger partial charge in [0, 0.05) is 28.6 Å². The molecule has 0 fully saturated rings. The van der Waals surface area contributed by atoms with Crippen LogP contribution in [0.2, 0.25) is 0 Å². The first-order valence-corrected chi connectivity index (χ1v) is 11.3. The number of thiophene rings is 1. The summed E-state index contributed by atoms with van der Waals surface area (Å²) in [5.74, 6) is 0. The predicted molar refractivity (Wildman–Crippen MR) is 128 cm³/mol. The molecule has 0 unspecified atom stereocenters. The van der Waals surface area contributed by atoms with Crippen LogP contribution in [-0.4, -0.2) is 13.1 Å². The van der Waals surface area contributed by atoms with E-state index in [1.807, 2.05) is 66.7 Å². The van der Waals surface area contributed by atoms with Gasteiger partial charge in [0.2, 0.25) is 0 Å². The van der Waals surface area contributed by atoms with Crippen LogP contribution in [-0.2, 0) is 0 Å². The Bertz CT molecular complexity index is 681. The van der Waals surface area contributed by atoms with Gasteiger partial charge in [0.05, 0.1) is 10.4 Å². The van der Waals surface area contributed by atoms with Crippen molar-refractivity contribution < 1.29 is 0 Å². The summed E-state index contributed by atoms with van der Waals surface area (Å²) in [7, 11) is 0. The van der Waals surface area contributed by atoms with E-state index in [1.54, 1.807) is 0 Å². The zero-order chi connectivity index (χ0) is 20.5. The Labute approximate surface area is 167 Å². The molecule has 26 heavy (non-hydrogen) atoms. The van der Waals surface area contributed by atoms with E-state index in [0.717, 1.165) is 13.1 Å². The lowest BCUT2D eigenvalue weighted by Gasteiger charge is -2.21. The van der Waals surface area contributed by atoms with Crippen LogP contribution >= 0.6 is 11.3 Å². The molecule has 3 aromatic rings. The van der Waals surface area contributed by atoms with Crippen molar-refractivity contribution in [2.24, 2.45) is 0 Å². The third-order valence-corrected chi connectivity index (χ3v) is 4.70. The molecule has 0 saturated carbocycles. The number of rotatable bonds is 3. The Hall–Kier alpha value is -1.54. The van der Waals surface area contributed by atoms with E-state index in [0.29, 0.717) is 0 Å². The molecule has 1 aromatic heterocycles. The molecule has 3 rings (SSSR count). The molecule has 0 aliphatic carbocycles. The quantitative estimate of drug-likeness (QED) is 0.441. The molecular formula is C24H41NS. The number of fused-ring (bicyclic) bond motifs is 3. The second-order valence-electron chi connectivity index (χ2n) is 4.42. The van der Waals surface area contributed by atoms with Gasteiger partial charge in [0.1, 0.15) is 0 Å². The fourth-order valence-corrected chi connectivity index (χ4v) is 3.79. The largest absolute Gasteiger partial charge is 0.371 e. The van der Waals surface area contributed by atoms with Crippen molar-refractivity contribution in [1.82, 2.24) is 0 Å². The van der Waals surface area contributed by atoms with Crippen molar-refractivity contribution >= 4 is 37.2 Å². The fourth-order valence-electron chi connectivity index (χ4n) is 2.55. The Morgan fingerprint density at radius 3 is 1.69 bits per heavy atom. The second-order valence-corrected chi connectivity index (χ2v) is 5.48. The third kappa shape index (κ3) is 6.64. The first-order chi connectivity index (χ1) is 12.8. The summed E-state index contributed by atoms with van der Waals surface area (Å²) in [6, 6.07) is 15.3. The van der Waals surface area contributed by atoms with E-state index in [-0.39, 0.29) is 0 Å². The summed E-state index contributed by atoms with van der Waals surface area (Å²) < 4.78 is 2.80. The molecule has 148 valence electrons. The topological polar surface area (TPSA) is 3.24 Å². The second kappa shape index (κ2) is 16.9. The molecule has 0 aliphatic rings. The van der Waals surface area contributed by atoms with Crippen LogP contribution in [0.25, 0.3) is 20.2 Å². The molecular weight excluding hydrogens is 334 g/mol. The molecule has 0 amide bonds. The third-order valence-electron chi connectivity index (χ3n) is 3.49. The molecule has 2 heteroatoms. The lowest BCUT2D eigenvalue weighted by molar-refractivity contribution is 0.871. The smallest absolute Gasteiger partial charge is 0.0589 e. The average Bonchev–Trinajstić information content (AvgIpc) is 3.14. The Morgan fingerprint density at radius 2 is 1.15 bits per heavy atom. The van der Waals surface area contributed by atoms with E-state index in [4.69, 9.17) is 0 Å². The van der Waals surface area contributed by atoms with Crippen molar-refractivity contribution in [1.29, 1.82) is 0 Å². The van der Waals surface area contributed by atoms with Gasteiger partial charge in [-0.05, 0) is 26.0 Å². The Kier molecular flexibility index (Phi) is 17.3. The van der Waals surface area contributed by atoms with Gasteiger partial charge in [-0.1, -0.05) is 85.7 Å².